The van der Waals surface area contributed by atoms with Crippen molar-refractivity contribution >= 4 is 23.2 Å². The first-order chi connectivity index (χ1) is 9.06. The summed E-state index contributed by atoms with van der Waals surface area (Å²) in [6, 6.07) is 9.51. The second-order valence-corrected chi connectivity index (χ2v) is 4.42. The number of hydrogen-bond acceptors (Lipinski definition) is 3. The Kier molecular flexibility index (Phi) is 3.76. The highest BCUT2D eigenvalue weighted by molar-refractivity contribution is 7.80. The van der Waals surface area contributed by atoms with Gasteiger partial charge < -0.3 is 5.73 Å². The minimum absolute atomic E-state index is 0.00776. The molecule has 0 aliphatic heterocycles. The van der Waals surface area contributed by atoms with E-state index >= 15 is 0 Å². The molecule has 5 N–H and O–H groups in total. The van der Waals surface area contributed by atoms with Gasteiger partial charge in [-0.15, -0.1) is 0 Å². The minimum atomic E-state index is -0.390. The Balaban J connectivity index is 2.12. The monoisotopic (exact) mass is 275 g/mol. The second kappa shape index (κ2) is 5.49. The Morgan fingerprint density at radius 1 is 1.32 bits per heavy atom. The highest BCUT2D eigenvalue weighted by atomic mass is 32.1. The molecule has 0 aliphatic rings. The van der Waals surface area contributed by atoms with E-state index in [1.165, 1.54) is 0 Å². The highest BCUT2D eigenvalue weighted by Gasteiger charge is 2.10. The fourth-order valence-corrected chi connectivity index (χ4v) is 1.55. The maximum absolute atomic E-state index is 11.7. The van der Waals surface area contributed by atoms with Crippen LogP contribution in [0.15, 0.2) is 30.3 Å². The quantitative estimate of drug-likeness (QED) is 0.481. The van der Waals surface area contributed by atoms with Crippen molar-refractivity contribution in [3.8, 4) is 11.3 Å². The molecule has 0 unspecified atom stereocenters. The standard InChI is InChI=1S/C12H13N5OS/c1-7-2-4-8(5-3-7)9-6-10(15-14-9)11(18)16-17-12(13)19/h2-6H,1H3,(H,14,15)(H,16,18)(H3,13,17,19). The van der Waals surface area contributed by atoms with Gasteiger partial charge in [-0.2, -0.15) is 5.10 Å². The third-order valence-corrected chi connectivity index (χ3v) is 2.57. The number of carbonyl (C=O) groups is 1. The Bertz CT molecular complexity index is 605. The molecule has 98 valence electrons. The van der Waals surface area contributed by atoms with E-state index < -0.39 is 5.91 Å². The molecule has 0 spiro atoms. The van der Waals surface area contributed by atoms with Crippen LogP contribution in [-0.2, 0) is 0 Å². The number of carbonyl (C=O) groups excluding carboxylic acids is 1. The molecule has 7 heteroatoms. The molecule has 2 aromatic rings. The lowest BCUT2D eigenvalue weighted by atomic mass is 10.1. The number of thiocarbonyl (C=S) groups is 1. The summed E-state index contributed by atoms with van der Waals surface area (Å²) >= 11 is 4.58. The molecule has 6 nitrogen and oxygen atoms in total. The largest absolute Gasteiger partial charge is 0.375 e. The van der Waals surface area contributed by atoms with Gasteiger partial charge in [-0.1, -0.05) is 29.8 Å². The van der Waals surface area contributed by atoms with Crippen LogP contribution in [0.5, 0.6) is 0 Å². The van der Waals surface area contributed by atoms with Gasteiger partial charge in [0.05, 0.1) is 5.69 Å². The number of hydrogen-bond donors (Lipinski definition) is 4. The number of nitrogens with two attached hydrogens (primary N) is 1. The van der Waals surface area contributed by atoms with Gasteiger partial charge >= 0.3 is 0 Å². The Labute approximate surface area is 115 Å². The van der Waals surface area contributed by atoms with Crippen molar-refractivity contribution in [2.75, 3.05) is 0 Å². The summed E-state index contributed by atoms with van der Waals surface area (Å²) in [5, 5.41) is 6.74. The summed E-state index contributed by atoms with van der Waals surface area (Å²) in [4.78, 5) is 11.7. The van der Waals surface area contributed by atoms with Crippen molar-refractivity contribution in [1.29, 1.82) is 0 Å². The lowest BCUT2D eigenvalue weighted by molar-refractivity contribution is 0.0939. The number of H-pyrrole nitrogens is 1. The second-order valence-electron chi connectivity index (χ2n) is 3.98. The summed E-state index contributed by atoms with van der Waals surface area (Å²) in [6.07, 6.45) is 0. The molecule has 0 fully saturated rings. The fourth-order valence-electron chi connectivity index (χ4n) is 1.50. The molecule has 0 bridgehead atoms. The minimum Gasteiger partial charge on any atom is -0.375 e. The number of amides is 1. The molecular weight excluding hydrogens is 262 g/mol. The van der Waals surface area contributed by atoms with Crippen LogP contribution >= 0.6 is 12.2 Å². The number of aromatic nitrogens is 2. The van der Waals surface area contributed by atoms with Crippen LogP contribution in [0, 0.1) is 6.92 Å². The maximum Gasteiger partial charge on any atom is 0.287 e. The van der Waals surface area contributed by atoms with E-state index in [2.05, 4.69) is 33.3 Å². The lowest BCUT2D eigenvalue weighted by Gasteiger charge is -2.03. The summed E-state index contributed by atoms with van der Waals surface area (Å²) in [5.41, 5.74) is 13.0. The summed E-state index contributed by atoms with van der Waals surface area (Å²) < 4.78 is 0. The molecule has 1 aromatic carbocycles. The smallest absolute Gasteiger partial charge is 0.287 e. The number of aromatic amines is 1. The molecule has 0 saturated heterocycles. The van der Waals surface area contributed by atoms with Crippen molar-refractivity contribution in [3.63, 3.8) is 0 Å². The third-order valence-electron chi connectivity index (χ3n) is 2.47. The molecule has 1 heterocycles. The highest BCUT2D eigenvalue weighted by Crippen LogP contribution is 2.17. The van der Waals surface area contributed by atoms with Gasteiger partial charge in [0, 0.05) is 5.56 Å². The topological polar surface area (TPSA) is 95.8 Å². The van der Waals surface area contributed by atoms with Gasteiger partial charge in [0.15, 0.2) is 5.11 Å². The van der Waals surface area contributed by atoms with Gasteiger partial charge in [-0.3, -0.25) is 20.7 Å². The zero-order valence-electron chi connectivity index (χ0n) is 10.2. The van der Waals surface area contributed by atoms with Gasteiger partial charge in [0.1, 0.15) is 5.69 Å². The molecule has 19 heavy (non-hydrogen) atoms. The first-order valence-electron chi connectivity index (χ1n) is 5.54. The fraction of sp³-hybridized carbons (Fsp3) is 0.0833. The predicted octanol–water partition coefficient (Wildman–Crippen LogP) is 0.863. The normalized spacial score (nSPS) is 9.95. The molecular formula is C12H13N5OS. The van der Waals surface area contributed by atoms with Crippen molar-refractivity contribution in [2.24, 2.45) is 5.73 Å². The van der Waals surface area contributed by atoms with Crippen molar-refractivity contribution < 1.29 is 4.79 Å². The molecule has 0 saturated carbocycles. The first-order valence-corrected chi connectivity index (χ1v) is 5.95. The molecule has 0 aliphatic carbocycles. The van der Waals surface area contributed by atoms with E-state index in [4.69, 9.17) is 5.73 Å². The van der Waals surface area contributed by atoms with Crippen LogP contribution in [-0.4, -0.2) is 21.2 Å². The van der Waals surface area contributed by atoms with Gasteiger partial charge in [0.25, 0.3) is 5.91 Å². The average molecular weight is 275 g/mol. The molecule has 1 aromatic heterocycles. The van der Waals surface area contributed by atoms with Crippen LogP contribution in [0.4, 0.5) is 0 Å². The molecule has 1 amide bonds. The van der Waals surface area contributed by atoms with Crippen molar-refractivity contribution in [1.82, 2.24) is 21.0 Å². The van der Waals surface area contributed by atoms with E-state index in [0.29, 0.717) is 11.4 Å². The van der Waals surface area contributed by atoms with Crippen LogP contribution in [0.2, 0.25) is 0 Å². The van der Waals surface area contributed by atoms with E-state index in [1.54, 1.807) is 6.07 Å². The number of rotatable bonds is 2. The maximum atomic E-state index is 11.7. The summed E-state index contributed by atoms with van der Waals surface area (Å²) in [5.74, 6) is -0.390. The Morgan fingerprint density at radius 3 is 2.63 bits per heavy atom. The van der Waals surface area contributed by atoms with Crippen molar-refractivity contribution in [3.05, 3.63) is 41.6 Å². The predicted molar refractivity (Wildman–Crippen MR) is 76.1 cm³/mol. The molecule has 2 rings (SSSR count). The average Bonchev–Trinajstić information content (AvgIpc) is 2.86. The van der Waals surface area contributed by atoms with Crippen LogP contribution in [0.1, 0.15) is 16.1 Å². The Hall–Kier alpha value is -2.41. The van der Waals surface area contributed by atoms with E-state index in [-0.39, 0.29) is 5.11 Å². The zero-order chi connectivity index (χ0) is 13.8. The van der Waals surface area contributed by atoms with Crippen LogP contribution in [0.3, 0.4) is 0 Å². The third kappa shape index (κ3) is 3.29. The number of nitrogens with zero attached hydrogens (tertiary/aromatic N) is 1. The lowest BCUT2D eigenvalue weighted by Crippen LogP contribution is -2.44. The summed E-state index contributed by atoms with van der Waals surface area (Å²) in [7, 11) is 0. The number of aryl methyl sites for hydroxylation is 1. The van der Waals surface area contributed by atoms with Crippen LogP contribution < -0.4 is 16.6 Å². The number of hydrazine groups is 1. The number of nitrogens with one attached hydrogen (secondary N) is 3. The van der Waals surface area contributed by atoms with E-state index in [1.807, 2.05) is 31.2 Å². The SMILES string of the molecule is Cc1ccc(-c2cc(C(=O)NNC(N)=S)[nH]n2)cc1. The van der Waals surface area contributed by atoms with Gasteiger partial charge in [0.2, 0.25) is 0 Å². The van der Waals surface area contributed by atoms with Crippen LogP contribution in [0.25, 0.3) is 11.3 Å². The Morgan fingerprint density at radius 2 is 2.00 bits per heavy atom. The number of benzene rings is 1. The summed E-state index contributed by atoms with van der Waals surface area (Å²) in [6.45, 7) is 2.01. The molecule has 0 radical (unpaired) electrons. The van der Waals surface area contributed by atoms with Gasteiger partial charge in [-0.25, -0.2) is 0 Å². The first kappa shape index (κ1) is 13.0. The zero-order valence-corrected chi connectivity index (χ0v) is 11.0. The van der Waals surface area contributed by atoms with Crippen molar-refractivity contribution in [2.45, 2.75) is 6.92 Å². The van der Waals surface area contributed by atoms with E-state index in [0.717, 1.165) is 11.1 Å². The van der Waals surface area contributed by atoms with E-state index in [9.17, 15) is 4.79 Å². The van der Waals surface area contributed by atoms with Gasteiger partial charge in [-0.05, 0) is 25.2 Å². The molecule has 0 atom stereocenters.